The molecule has 0 aromatic rings. The number of aliphatic carboxylic acids is 1. The number of carbonyl (C=O) groups is 2. The average molecular weight is 200 g/mol. The minimum atomic E-state index is -1.14. The van der Waals surface area contributed by atoms with Crippen molar-refractivity contribution in [3.05, 3.63) is 12.2 Å². The molecule has 0 saturated carbocycles. The highest BCUT2D eigenvalue weighted by Crippen LogP contribution is 2.15. The fourth-order valence-corrected chi connectivity index (χ4v) is 1.17. The first-order valence-corrected chi connectivity index (χ1v) is 4.17. The van der Waals surface area contributed by atoms with E-state index >= 15 is 0 Å². The number of nitrogens with two attached hydrogens (primary N) is 1. The molecule has 0 aliphatic heterocycles. The molecule has 1 rings (SSSR count). The normalized spacial score (nSPS) is 24.9. The van der Waals surface area contributed by atoms with Crippen LogP contribution in [-0.2, 0) is 14.4 Å². The summed E-state index contributed by atoms with van der Waals surface area (Å²) in [5, 5.41) is 8.22. The lowest BCUT2D eigenvalue weighted by Crippen LogP contribution is -2.32. The Hall–Kier alpha value is -1.40. The van der Waals surface area contributed by atoms with Crippen molar-refractivity contribution in [2.45, 2.75) is 12.5 Å². The van der Waals surface area contributed by atoms with Crippen molar-refractivity contribution >= 4 is 11.9 Å². The molecule has 0 saturated heterocycles. The predicted molar refractivity (Wildman–Crippen MR) is 47.0 cm³/mol. The van der Waals surface area contributed by atoms with Crippen LogP contribution in [0.15, 0.2) is 12.2 Å². The highest BCUT2D eigenvalue weighted by Gasteiger charge is 2.22. The fourth-order valence-electron chi connectivity index (χ4n) is 1.17. The van der Waals surface area contributed by atoms with E-state index in [1.807, 2.05) is 5.48 Å². The van der Waals surface area contributed by atoms with E-state index in [2.05, 4.69) is 4.84 Å². The molecule has 78 valence electrons. The number of carboxylic acid groups (broad SMARTS) is 1. The van der Waals surface area contributed by atoms with Crippen molar-refractivity contribution < 1.29 is 19.5 Å². The van der Waals surface area contributed by atoms with Crippen molar-refractivity contribution in [1.82, 2.24) is 5.48 Å². The summed E-state index contributed by atoms with van der Waals surface area (Å²) in [4.78, 5) is 25.7. The number of hydroxylamine groups is 1. The van der Waals surface area contributed by atoms with Crippen LogP contribution >= 0.6 is 0 Å². The molecule has 0 bridgehead atoms. The molecular weight excluding hydrogens is 188 g/mol. The quantitative estimate of drug-likeness (QED) is 0.400. The van der Waals surface area contributed by atoms with Crippen LogP contribution in [0.1, 0.15) is 6.42 Å². The molecular formula is C8H12N2O4. The molecule has 6 heteroatoms. The van der Waals surface area contributed by atoms with E-state index in [-0.39, 0.29) is 17.9 Å². The van der Waals surface area contributed by atoms with Gasteiger partial charge in [0.05, 0.1) is 5.92 Å². The predicted octanol–water partition coefficient (Wildman–Crippen LogP) is -0.978. The molecule has 0 aromatic carbocycles. The molecule has 0 radical (unpaired) electrons. The maximum atomic E-state index is 11.2. The number of nitrogens with one attached hydrogen (secondary N) is 1. The van der Waals surface area contributed by atoms with Gasteiger partial charge in [-0.2, -0.15) is 0 Å². The first-order valence-electron chi connectivity index (χ1n) is 4.17. The summed E-state index contributed by atoms with van der Waals surface area (Å²) in [5.41, 5.74) is 7.59. The highest BCUT2D eigenvalue weighted by atomic mass is 16.7. The average Bonchev–Trinajstić information content (AvgIpc) is 2.51. The van der Waals surface area contributed by atoms with Crippen LogP contribution in [0.5, 0.6) is 0 Å². The summed E-state index contributed by atoms with van der Waals surface area (Å²) in [5.74, 6) is -1.82. The molecule has 2 unspecified atom stereocenters. The minimum Gasteiger partial charge on any atom is -0.479 e. The summed E-state index contributed by atoms with van der Waals surface area (Å²) in [6, 6.07) is -0.106. The van der Waals surface area contributed by atoms with Gasteiger partial charge in [0.25, 0.3) is 5.91 Å². The highest BCUT2D eigenvalue weighted by molar-refractivity contribution is 5.80. The van der Waals surface area contributed by atoms with Gasteiger partial charge in [-0.1, -0.05) is 12.2 Å². The van der Waals surface area contributed by atoms with Gasteiger partial charge in [-0.15, -0.1) is 0 Å². The number of carbonyl (C=O) groups excluding carboxylic acids is 1. The Morgan fingerprint density at radius 2 is 2.29 bits per heavy atom. The van der Waals surface area contributed by atoms with Crippen molar-refractivity contribution in [3.8, 4) is 0 Å². The Morgan fingerprint density at radius 1 is 1.57 bits per heavy atom. The van der Waals surface area contributed by atoms with E-state index in [0.717, 1.165) is 0 Å². The Kier molecular flexibility index (Phi) is 3.61. The van der Waals surface area contributed by atoms with E-state index in [4.69, 9.17) is 10.8 Å². The van der Waals surface area contributed by atoms with E-state index in [1.54, 1.807) is 12.2 Å². The monoisotopic (exact) mass is 200 g/mol. The van der Waals surface area contributed by atoms with Gasteiger partial charge in [0.1, 0.15) is 0 Å². The zero-order chi connectivity index (χ0) is 10.6. The Labute approximate surface area is 80.7 Å². The third-order valence-electron chi connectivity index (χ3n) is 1.82. The lowest BCUT2D eigenvalue weighted by Gasteiger charge is -2.08. The lowest BCUT2D eigenvalue weighted by atomic mass is 10.1. The molecule has 14 heavy (non-hydrogen) atoms. The van der Waals surface area contributed by atoms with E-state index < -0.39 is 12.6 Å². The van der Waals surface area contributed by atoms with Crippen LogP contribution in [0.25, 0.3) is 0 Å². The van der Waals surface area contributed by atoms with Crippen LogP contribution in [0.2, 0.25) is 0 Å². The molecule has 1 aliphatic carbocycles. The molecule has 0 spiro atoms. The SMILES string of the molecule is NC1C=CC(C(=O)NOCC(=O)O)C1. The molecule has 1 amide bonds. The number of hydrogen-bond donors (Lipinski definition) is 3. The van der Waals surface area contributed by atoms with Crippen molar-refractivity contribution in [3.63, 3.8) is 0 Å². The molecule has 0 aromatic heterocycles. The number of rotatable bonds is 4. The number of hydrogen-bond acceptors (Lipinski definition) is 4. The van der Waals surface area contributed by atoms with Crippen molar-refractivity contribution in [1.29, 1.82) is 0 Å². The van der Waals surface area contributed by atoms with Gasteiger partial charge in [0.15, 0.2) is 6.61 Å². The van der Waals surface area contributed by atoms with Crippen molar-refractivity contribution in [2.24, 2.45) is 11.7 Å². The first kappa shape index (κ1) is 10.7. The second kappa shape index (κ2) is 4.73. The fraction of sp³-hybridized carbons (Fsp3) is 0.500. The van der Waals surface area contributed by atoms with Gasteiger partial charge in [-0.25, -0.2) is 10.3 Å². The molecule has 2 atom stereocenters. The topological polar surface area (TPSA) is 102 Å². The van der Waals surface area contributed by atoms with Gasteiger partial charge in [-0.3, -0.25) is 9.63 Å². The smallest absolute Gasteiger partial charge is 0.332 e. The van der Waals surface area contributed by atoms with E-state index in [9.17, 15) is 9.59 Å². The second-order valence-electron chi connectivity index (χ2n) is 3.04. The maximum absolute atomic E-state index is 11.2. The minimum absolute atomic E-state index is 0.106. The lowest BCUT2D eigenvalue weighted by molar-refractivity contribution is -0.150. The summed E-state index contributed by atoms with van der Waals surface area (Å²) in [6.45, 7) is -0.547. The Morgan fingerprint density at radius 3 is 2.79 bits per heavy atom. The molecule has 4 N–H and O–H groups in total. The zero-order valence-electron chi connectivity index (χ0n) is 7.47. The van der Waals surface area contributed by atoms with Gasteiger partial charge in [0.2, 0.25) is 0 Å². The Bertz CT molecular complexity index is 264. The largest absolute Gasteiger partial charge is 0.479 e. The van der Waals surface area contributed by atoms with E-state index in [0.29, 0.717) is 6.42 Å². The van der Waals surface area contributed by atoms with Crippen LogP contribution < -0.4 is 11.2 Å². The first-order chi connectivity index (χ1) is 6.59. The summed E-state index contributed by atoms with van der Waals surface area (Å²) >= 11 is 0. The maximum Gasteiger partial charge on any atom is 0.332 e. The zero-order valence-corrected chi connectivity index (χ0v) is 7.47. The third-order valence-corrected chi connectivity index (χ3v) is 1.82. The molecule has 0 heterocycles. The van der Waals surface area contributed by atoms with Gasteiger partial charge in [0, 0.05) is 6.04 Å². The summed E-state index contributed by atoms with van der Waals surface area (Å²) in [6.07, 6.45) is 3.95. The summed E-state index contributed by atoms with van der Waals surface area (Å²) in [7, 11) is 0. The second-order valence-corrected chi connectivity index (χ2v) is 3.04. The van der Waals surface area contributed by atoms with Crippen LogP contribution in [0.3, 0.4) is 0 Å². The van der Waals surface area contributed by atoms with Crippen LogP contribution in [0, 0.1) is 5.92 Å². The van der Waals surface area contributed by atoms with Crippen LogP contribution in [0.4, 0.5) is 0 Å². The molecule has 0 fully saturated rings. The van der Waals surface area contributed by atoms with E-state index in [1.165, 1.54) is 0 Å². The number of carboxylic acids is 1. The number of amides is 1. The third kappa shape index (κ3) is 3.15. The van der Waals surface area contributed by atoms with Gasteiger partial charge in [-0.05, 0) is 6.42 Å². The molecule has 1 aliphatic rings. The standard InChI is InChI=1S/C8H12N2O4/c9-6-2-1-5(3-6)8(13)10-14-4-7(11)12/h1-2,5-6H,3-4,9H2,(H,10,13)(H,11,12). The molecule has 6 nitrogen and oxygen atoms in total. The van der Waals surface area contributed by atoms with Crippen LogP contribution in [-0.4, -0.2) is 29.6 Å². The van der Waals surface area contributed by atoms with Crippen molar-refractivity contribution in [2.75, 3.05) is 6.61 Å². The van der Waals surface area contributed by atoms with Gasteiger partial charge < -0.3 is 10.8 Å². The van der Waals surface area contributed by atoms with Gasteiger partial charge >= 0.3 is 5.97 Å². The Balaban J connectivity index is 2.22. The summed E-state index contributed by atoms with van der Waals surface area (Å²) < 4.78 is 0.